The van der Waals surface area contributed by atoms with Crippen LogP contribution < -0.4 is 4.74 Å². The number of carbonyl (C=O) groups is 1. The third kappa shape index (κ3) is 2.68. The Balaban J connectivity index is 2.22. The van der Waals surface area contributed by atoms with Crippen LogP contribution in [-0.2, 0) is 0 Å². The summed E-state index contributed by atoms with van der Waals surface area (Å²) in [6.45, 7) is 2.03. The maximum Gasteiger partial charge on any atom is 0.189 e. The van der Waals surface area contributed by atoms with E-state index in [-0.39, 0.29) is 5.78 Å². The lowest BCUT2D eigenvalue weighted by molar-refractivity contribution is 0.104. The van der Waals surface area contributed by atoms with Crippen LogP contribution in [0.1, 0.15) is 20.8 Å². The van der Waals surface area contributed by atoms with Gasteiger partial charge in [0.05, 0.1) is 12.7 Å². The van der Waals surface area contributed by atoms with Crippen LogP contribution in [0, 0.1) is 6.92 Å². The monoisotopic (exact) mass is 258 g/mol. The summed E-state index contributed by atoms with van der Waals surface area (Å²) >= 11 is 1.63. The summed E-state index contributed by atoms with van der Waals surface area (Å²) in [5.74, 6) is 0.565. The highest BCUT2D eigenvalue weighted by Gasteiger charge is 2.08. The Kier molecular flexibility index (Phi) is 3.95. The van der Waals surface area contributed by atoms with Gasteiger partial charge >= 0.3 is 0 Å². The molecule has 0 bridgehead atoms. The van der Waals surface area contributed by atoms with Gasteiger partial charge in [0.1, 0.15) is 5.75 Å². The van der Waals surface area contributed by atoms with Gasteiger partial charge in [0.2, 0.25) is 0 Å². The van der Waals surface area contributed by atoms with E-state index in [2.05, 4.69) is 0 Å². The molecule has 92 valence electrons. The summed E-state index contributed by atoms with van der Waals surface area (Å²) in [5.41, 5.74) is 1.77. The van der Waals surface area contributed by atoms with Crippen LogP contribution in [0.5, 0.6) is 5.75 Å². The molecule has 0 radical (unpaired) electrons. The number of carbonyl (C=O) groups excluding carboxylic acids is 1. The highest BCUT2D eigenvalue weighted by atomic mass is 32.1. The molecule has 0 aliphatic carbocycles. The van der Waals surface area contributed by atoms with Crippen LogP contribution in [-0.4, -0.2) is 12.9 Å². The smallest absolute Gasteiger partial charge is 0.189 e. The lowest BCUT2D eigenvalue weighted by atomic mass is 10.1. The molecule has 1 aromatic carbocycles. The largest absolute Gasteiger partial charge is 0.496 e. The first-order valence-corrected chi connectivity index (χ1v) is 6.50. The van der Waals surface area contributed by atoms with Gasteiger partial charge in [0.15, 0.2) is 5.78 Å². The fourth-order valence-electron chi connectivity index (χ4n) is 1.64. The predicted octanol–water partition coefficient (Wildman–Crippen LogP) is 3.96. The zero-order valence-corrected chi connectivity index (χ0v) is 11.2. The van der Waals surface area contributed by atoms with Gasteiger partial charge in [-0.1, -0.05) is 12.1 Å². The second-order valence-electron chi connectivity index (χ2n) is 3.87. The number of thiophene rings is 1. The van der Waals surface area contributed by atoms with Crippen LogP contribution in [0.15, 0.2) is 41.8 Å². The van der Waals surface area contributed by atoms with Gasteiger partial charge in [0.25, 0.3) is 0 Å². The van der Waals surface area contributed by atoms with E-state index in [9.17, 15) is 4.79 Å². The Morgan fingerprint density at radius 3 is 2.72 bits per heavy atom. The van der Waals surface area contributed by atoms with Gasteiger partial charge in [-0.25, -0.2) is 0 Å². The molecule has 0 fully saturated rings. The highest BCUT2D eigenvalue weighted by molar-refractivity contribution is 7.11. The first-order valence-electron chi connectivity index (χ1n) is 5.62. The fourth-order valence-corrected chi connectivity index (χ4v) is 2.46. The van der Waals surface area contributed by atoms with Crippen LogP contribution in [0.25, 0.3) is 6.08 Å². The zero-order valence-electron chi connectivity index (χ0n) is 10.3. The van der Waals surface area contributed by atoms with Crippen molar-refractivity contribution >= 4 is 23.2 Å². The van der Waals surface area contributed by atoms with Gasteiger partial charge in [0, 0.05) is 4.88 Å². The average molecular weight is 258 g/mol. The van der Waals surface area contributed by atoms with Crippen LogP contribution >= 0.6 is 11.3 Å². The molecule has 0 N–H and O–H groups in total. The van der Waals surface area contributed by atoms with Gasteiger partial charge in [-0.05, 0) is 48.2 Å². The van der Waals surface area contributed by atoms with Crippen molar-refractivity contribution < 1.29 is 9.53 Å². The molecule has 0 amide bonds. The van der Waals surface area contributed by atoms with Crippen molar-refractivity contribution in [3.8, 4) is 5.75 Å². The number of methoxy groups -OCH3 is 1. The van der Waals surface area contributed by atoms with Gasteiger partial charge < -0.3 is 4.74 Å². The van der Waals surface area contributed by atoms with E-state index in [1.807, 2.05) is 36.6 Å². The summed E-state index contributed by atoms with van der Waals surface area (Å²) in [6, 6.07) is 9.28. The highest BCUT2D eigenvalue weighted by Crippen LogP contribution is 2.20. The molecule has 0 unspecified atom stereocenters. The molecule has 2 rings (SSSR count). The van der Waals surface area contributed by atoms with E-state index in [0.717, 1.165) is 4.88 Å². The summed E-state index contributed by atoms with van der Waals surface area (Å²) in [6.07, 6.45) is 3.45. The molecule has 0 spiro atoms. The van der Waals surface area contributed by atoms with Gasteiger partial charge in [-0.3, -0.25) is 4.79 Å². The first kappa shape index (κ1) is 12.6. The van der Waals surface area contributed by atoms with Crippen molar-refractivity contribution in [1.82, 2.24) is 0 Å². The number of ketones is 1. The average Bonchev–Trinajstić information content (AvgIpc) is 2.81. The molecule has 1 aromatic heterocycles. The van der Waals surface area contributed by atoms with Gasteiger partial charge in [-0.15, -0.1) is 11.3 Å². The minimum Gasteiger partial charge on any atom is -0.496 e. The molecule has 0 saturated carbocycles. The second-order valence-corrected chi connectivity index (χ2v) is 4.81. The normalized spacial score (nSPS) is 10.8. The zero-order chi connectivity index (χ0) is 13.0. The van der Waals surface area contributed by atoms with Crippen LogP contribution in [0.3, 0.4) is 0 Å². The quantitative estimate of drug-likeness (QED) is 0.613. The number of allylic oxidation sites excluding steroid dienone is 1. The van der Waals surface area contributed by atoms with Crippen LogP contribution in [0.4, 0.5) is 0 Å². The number of aryl methyl sites for hydroxylation is 1. The third-order valence-corrected chi connectivity index (χ3v) is 3.64. The van der Waals surface area contributed by atoms with E-state index < -0.39 is 0 Å². The Morgan fingerprint density at radius 1 is 1.28 bits per heavy atom. The van der Waals surface area contributed by atoms with E-state index in [4.69, 9.17) is 4.74 Å². The van der Waals surface area contributed by atoms with Crippen molar-refractivity contribution in [2.24, 2.45) is 0 Å². The number of benzene rings is 1. The molecule has 0 saturated heterocycles. The number of hydrogen-bond donors (Lipinski definition) is 0. The first-order chi connectivity index (χ1) is 8.72. The Bertz CT molecular complexity index is 582. The lowest BCUT2D eigenvalue weighted by Crippen LogP contribution is -1.98. The number of hydrogen-bond acceptors (Lipinski definition) is 3. The van der Waals surface area contributed by atoms with Crippen molar-refractivity contribution in [1.29, 1.82) is 0 Å². The molecule has 0 atom stereocenters. The summed E-state index contributed by atoms with van der Waals surface area (Å²) in [4.78, 5) is 13.2. The van der Waals surface area contributed by atoms with Gasteiger partial charge in [-0.2, -0.15) is 0 Å². The maximum atomic E-state index is 12.1. The van der Waals surface area contributed by atoms with Crippen molar-refractivity contribution in [2.45, 2.75) is 6.92 Å². The van der Waals surface area contributed by atoms with Crippen molar-refractivity contribution in [2.75, 3.05) is 7.11 Å². The molecule has 2 aromatic rings. The van der Waals surface area contributed by atoms with Crippen molar-refractivity contribution in [3.05, 3.63) is 57.8 Å². The fraction of sp³-hybridized carbons (Fsp3) is 0.133. The molecule has 18 heavy (non-hydrogen) atoms. The minimum absolute atomic E-state index is 0.0414. The summed E-state index contributed by atoms with van der Waals surface area (Å²) in [5, 5.41) is 2.02. The Morgan fingerprint density at radius 2 is 2.06 bits per heavy atom. The SMILES string of the molecule is COc1ccccc1C(=O)C=Cc1sccc1C. The molecular weight excluding hydrogens is 244 g/mol. The topological polar surface area (TPSA) is 26.3 Å². The molecular formula is C15H14O2S. The summed E-state index contributed by atoms with van der Waals surface area (Å²) < 4.78 is 5.18. The molecule has 2 nitrogen and oxygen atoms in total. The van der Waals surface area contributed by atoms with E-state index in [1.165, 1.54) is 5.56 Å². The maximum absolute atomic E-state index is 12.1. The van der Waals surface area contributed by atoms with E-state index >= 15 is 0 Å². The molecule has 0 aliphatic rings. The standard InChI is InChI=1S/C15H14O2S/c1-11-9-10-18-15(11)8-7-13(16)12-5-3-4-6-14(12)17-2/h3-10H,1-2H3. The molecule has 3 heteroatoms. The third-order valence-electron chi connectivity index (χ3n) is 2.66. The molecule has 1 heterocycles. The number of rotatable bonds is 4. The van der Waals surface area contributed by atoms with E-state index in [0.29, 0.717) is 11.3 Å². The van der Waals surface area contributed by atoms with Crippen molar-refractivity contribution in [3.63, 3.8) is 0 Å². The van der Waals surface area contributed by atoms with Crippen LogP contribution in [0.2, 0.25) is 0 Å². The number of ether oxygens (including phenoxy) is 1. The summed E-state index contributed by atoms with van der Waals surface area (Å²) in [7, 11) is 1.57. The predicted molar refractivity (Wildman–Crippen MR) is 75.4 cm³/mol. The minimum atomic E-state index is -0.0414. The van der Waals surface area contributed by atoms with E-state index in [1.54, 1.807) is 36.7 Å². The Labute approximate surface area is 111 Å². The lowest BCUT2D eigenvalue weighted by Gasteiger charge is -2.04. The second kappa shape index (κ2) is 5.65. The molecule has 0 aliphatic heterocycles. The Hall–Kier alpha value is -1.87. The number of para-hydroxylation sites is 1.